The predicted molar refractivity (Wildman–Crippen MR) is 455 cm³/mol. The normalized spacial score (nSPS) is 11.3. The van der Waals surface area contributed by atoms with Crippen molar-refractivity contribution >= 4 is 107 Å². The highest BCUT2D eigenvalue weighted by atomic mass is 16.6. The molecule has 0 amide bonds. The number of esters is 1. The molecule has 7 aromatic heterocycles. The van der Waals surface area contributed by atoms with Crippen LogP contribution in [0.2, 0.25) is 0 Å². The van der Waals surface area contributed by atoms with Crippen molar-refractivity contribution in [1.82, 2.24) is 0 Å². The van der Waals surface area contributed by atoms with Gasteiger partial charge in [-0.15, -0.1) is 0 Å². The maximum atomic E-state index is 12.4. The first-order chi connectivity index (χ1) is 59.5. The van der Waals surface area contributed by atoms with Crippen molar-refractivity contribution in [3.05, 3.63) is 257 Å². The second-order valence-corrected chi connectivity index (χ2v) is 28.0. The number of hydrogen-bond donors (Lipinski definition) is 11. The number of aldehydes is 2. The van der Waals surface area contributed by atoms with Crippen LogP contribution >= 0.6 is 0 Å². The molecular formula is C91H88O34. The molecule has 0 saturated heterocycles. The van der Waals surface area contributed by atoms with Crippen molar-refractivity contribution in [2.75, 3.05) is 20.8 Å². The summed E-state index contributed by atoms with van der Waals surface area (Å²) >= 11 is 0. The van der Waals surface area contributed by atoms with Gasteiger partial charge in [0.05, 0.1) is 33.4 Å². The summed E-state index contributed by atoms with van der Waals surface area (Å²) in [6, 6.07) is 27.0. The number of benzene rings is 7. The van der Waals surface area contributed by atoms with Crippen LogP contribution in [0.3, 0.4) is 0 Å². The average Bonchev–Trinajstić information content (AvgIpc) is 0.770. The van der Waals surface area contributed by atoms with E-state index in [1.54, 1.807) is 25.1 Å². The number of phenolic OH excluding ortho intramolecular Hbond substituents is 10. The number of fused-ring (bicyclic) bond motifs is 7. The van der Waals surface area contributed by atoms with E-state index in [1.165, 1.54) is 80.9 Å². The predicted octanol–water partition coefficient (Wildman–Crippen LogP) is 15.2. The molecule has 7 aromatic carbocycles. The first-order valence-corrected chi connectivity index (χ1v) is 38.6. The number of Topliss-reactive ketones (excluding diaryl/α,β-unsaturated/α-hetero) is 1. The lowest BCUT2D eigenvalue weighted by molar-refractivity contribution is 0.0232. The molecule has 0 aliphatic heterocycles. The molecule has 34 nitrogen and oxygen atoms in total. The molecule has 14 aromatic rings. The van der Waals surface area contributed by atoms with Crippen LogP contribution in [0.4, 0.5) is 0 Å². The third-order valence-electron chi connectivity index (χ3n) is 18.4. The highest BCUT2D eigenvalue weighted by Crippen LogP contribution is 2.35. The first kappa shape index (κ1) is 95.2. The summed E-state index contributed by atoms with van der Waals surface area (Å²) in [6.07, 6.45) is 11.8. The Bertz CT molecular complexity index is 6750. The number of carboxylic acids is 1. The van der Waals surface area contributed by atoms with E-state index >= 15 is 0 Å². The number of unbranched alkanes of at least 4 members (excludes halogenated alkanes) is 3. The fourth-order valence-corrected chi connectivity index (χ4v) is 12.4. The van der Waals surface area contributed by atoms with Gasteiger partial charge in [-0.25, -0.2) is 9.59 Å². The molecule has 0 bridgehead atoms. The topological polar surface area (TPSA) is 556 Å². The lowest BCUT2D eigenvalue weighted by Gasteiger charge is -2.15. The number of ketones is 1. The van der Waals surface area contributed by atoms with Crippen molar-refractivity contribution in [3.8, 4) is 63.2 Å². The van der Waals surface area contributed by atoms with Crippen LogP contribution in [0.25, 0.3) is 76.8 Å². The summed E-state index contributed by atoms with van der Waals surface area (Å²) < 4.78 is 57.4. The zero-order valence-corrected chi connectivity index (χ0v) is 68.8. The van der Waals surface area contributed by atoms with Gasteiger partial charge in [-0.05, 0) is 89.3 Å². The van der Waals surface area contributed by atoms with E-state index in [-0.39, 0.29) is 193 Å². The molecule has 0 spiro atoms. The summed E-state index contributed by atoms with van der Waals surface area (Å²) in [7, 11) is 2.71. The van der Waals surface area contributed by atoms with Crippen LogP contribution in [0, 0.1) is 6.92 Å². The highest BCUT2D eigenvalue weighted by molar-refractivity contribution is 6.01. The number of aromatic hydroxyl groups is 10. The van der Waals surface area contributed by atoms with E-state index < -0.39 is 45.8 Å². The molecule has 656 valence electrons. The Hall–Kier alpha value is -15.3. The molecular weight excluding hydrogens is 1640 g/mol. The number of methoxy groups -OCH3 is 2. The van der Waals surface area contributed by atoms with E-state index in [2.05, 4.69) is 20.8 Å². The van der Waals surface area contributed by atoms with Crippen LogP contribution in [0.1, 0.15) is 175 Å². The zero-order valence-electron chi connectivity index (χ0n) is 68.8. The first-order valence-electron chi connectivity index (χ1n) is 38.6. The SMILES string of the molecule is CC(C)Oc1ccc2c(=O)c(C=O)coc2c1.CCCCC(CC)c1cc(=O)c2c(O)cc(O)cc2o1.CCCCCC(CC)OC(=O)c1cc(=O)c2ccc(O)cc2o1.COCC(=O)c1c(COC)oc2cc(O)cc(O)c2c1=O.Cc1cc(=O)c2c(O)cc(O)cc2o1.O=C(O)c1cc(=O)c2c(O)cc(O)cc2o1.O=Cc1coc2cc(O)ccc2c1=O. The molecule has 14 rings (SSSR count). The summed E-state index contributed by atoms with van der Waals surface area (Å²) in [6.45, 7) is 13.3. The Morgan fingerprint density at radius 3 is 1.41 bits per heavy atom. The number of carbonyl (C=O) groups excluding carboxylic acids is 4. The van der Waals surface area contributed by atoms with Crippen LogP contribution in [-0.4, -0.2) is 120 Å². The van der Waals surface area contributed by atoms with Crippen LogP contribution in [0.5, 0.6) is 63.2 Å². The molecule has 2 atom stereocenters. The minimum absolute atomic E-state index is 0.0134. The highest BCUT2D eigenvalue weighted by Gasteiger charge is 2.25. The third kappa shape index (κ3) is 24.5. The maximum Gasteiger partial charge on any atom is 0.374 e. The van der Waals surface area contributed by atoms with Gasteiger partial charge in [0, 0.05) is 111 Å². The number of carboxylic acid groups (broad SMARTS) is 1. The average molecular weight is 1730 g/mol. The van der Waals surface area contributed by atoms with Crippen LogP contribution < -0.4 is 42.7 Å². The van der Waals surface area contributed by atoms with Gasteiger partial charge in [0.15, 0.2) is 40.1 Å². The number of aromatic carboxylic acids is 1. The lowest BCUT2D eigenvalue weighted by Crippen LogP contribution is -2.22. The summed E-state index contributed by atoms with van der Waals surface area (Å²) in [5, 5.41) is 104. The van der Waals surface area contributed by atoms with E-state index in [4.69, 9.17) is 65.2 Å². The third-order valence-corrected chi connectivity index (χ3v) is 18.4. The van der Waals surface area contributed by atoms with Crippen LogP contribution in [-0.2, 0) is 20.8 Å². The van der Waals surface area contributed by atoms with Gasteiger partial charge in [-0.1, -0.05) is 53.4 Å². The largest absolute Gasteiger partial charge is 0.508 e. The number of carbonyl (C=O) groups is 5. The standard InChI is InChI=1S/C18H22O5.C16H20O4.C14H14O7.C13H12O4.C10H6O6.C10H8O4.C10H6O4/c1-3-5-6-7-13(4-2)22-18(21)17-11-15(20)14-9-8-12(19)10-16(14)23-17;1-3-5-6-10(4-2)14-9-13(19)16-12(18)7-11(17)8-15(16)20-14;1-19-5-9(17)13-11(6-20-2)21-10-4-7(15)3-8(16)12(10)14(13)18;1-8(2)17-10-3-4-11-12(5-10)16-7-9(6-14)13(11)15;11-4-1-5(12)9-6(13)3-8(10(14)15)16-7(9)2-4;1-5-2-7(12)10-8(13)3-6(11)4-9(10)14-5;11-4-6-5-14-9-3-7(12)1-2-8(9)10(6)13/h8-11,13,19H,3-7H2,1-2H3;7-10,17-18H,3-6H2,1-2H3;3-4,15-16H,5-6H2,1-2H3;3-8H,1-2H3;1-3,11-12H,(H,14,15);2-4,11,13H,1H3;1-5,12H. The van der Waals surface area contributed by atoms with Crippen molar-refractivity contribution < 1.29 is 130 Å². The van der Waals surface area contributed by atoms with Crippen LogP contribution in [0.15, 0.2) is 204 Å². The maximum absolute atomic E-state index is 12.4. The minimum Gasteiger partial charge on any atom is -0.508 e. The second-order valence-electron chi connectivity index (χ2n) is 28.0. The van der Waals surface area contributed by atoms with Crippen molar-refractivity contribution in [1.29, 1.82) is 0 Å². The van der Waals surface area contributed by atoms with Gasteiger partial charge in [0.1, 0.15) is 179 Å². The Morgan fingerprint density at radius 2 is 0.904 bits per heavy atom. The van der Waals surface area contributed by atoms with E-state index in [1.807, 2.05) is 20.8 Å². The fraction of sp³-hybridized carbons (Fsp3) is 0.253. The molecule has 0 saturated carbocycles. The molecule has 2 unspecified atom stereocenters. The molecule has 0 radical (unpaired) electrons. The van der Waals surface area contributed by atoms with Crippen molar-refractivity contribution in [2.45, 2.75) is 131 Å². The molecule has 7 heterocycles. The number of rotatable bonds is 22. The number of hydrogen-bond acceptors (Lipinski definition) is 33. The van der Waals surface area contributed by atoms with E-state index in [9.17, 15) is 98.4 Å². The fourth-order valence-electron chi connectivity index (χ4n) is 12.4. The lowest BCUT2D eigenvalue weighted by atomic mass is 9.96. The monoisotopic (exact) mass is 1720 g/mol. The Kier molecular flexibility index (Phi) is 33.3. The number of aryl methyl sites for hydroxylation is 1. The van der Waals surface area contributed by atoms with Gasteiger partial charge in [-0.2, -0.15) is 0 Å². The van der Waals surface area contributed by atoms with Gasteiger partial charge in [0.25, 0.3) is 0 Å². The quantitative estimate of drug-likeness (QED) is 0.0130. The summed E-state index contributed by atoms with van der Waals surface area (Å²) in [5.74, 6) is -3.69. The molecule has 0 fully saturated rings. The molecule has 11 N–H and O–H groups in total. The Balaban J connectivity index is 0.000000182. The van der Waals surface area contributed by atoms with Crippen molar-refractivity contribution in [3.63, 3.8) is 0 Å². The van der Waals surface area contributed by atoms with Gasteiger partial charge in [-0.3, -0.25) is 47.9 Å². The smallest absolute Gasteiger partial charge is 0.374 e. The van der Waals surface area contributed by atoms with E-state index in [0.717, 1.165) is 106 Å². The van der Waals surface area contributed by atoms with Gasteiger partial charge >= 0.3 is 11.9 Å². The molecule has 0 aliphatic carbocycles. The number of phenols is 10. The second kappa shape index (κ2) is 43.8. The molecule has 34 heteroatoms. The molecule has 0 aliphatic rings. The number of ether oxygens (including phenoxy) is 4. The summed E-state index contributed by atoms with van der Waals surface area (Å²) in [5.41, 5.74) is -2.17. The van der Waals surface area contributed by atoms with Crippen molar-refractivity contribution in [2.24, 2.45) is 0 Å². The minimum atomic E-state index is -1.40. The van der Waals surface area contributed by atoms with Gasteiger partial charge in [0.2, 0.25) is 27.8 Å². The summed E-state index contributed by atoms with van der Waals surface area (Å²) in [4.78, 5) is 139. The Morgan fingerprint density at radius 1 is 0.440 bits per heavy atom. The Labute approximate surface area is 706 Å². The zero-order chi connectivity index (χ0) is 91.8. The molecule has 125 heavy (non-hydrogen) atoms. The van der Waals surface area contributed by atoms with Gasteiger partial charge < -0.3 is 106 Å². The van der Waals surface area contributed by atoms with E-state index in [0.29, 0.717) is 52.6 Å².